The van der Waals surface area contributed by atoms with Crippen LogP contribution < -0.4 is 0 Å². The Kier molecular flexibility index (Phi) is 6.07. The van der Waals surface area contributed by atoms with Crippen LogP contribution >= 0.6 is 0 Å². The van der Waals surface area contributed by atoms with Crippen molar-refractivity contribution in [1.82, 2.24) is 4.98 Å². The molecule has 1 heterocycles. The van der Waals surface area contributed by atoms with Crippen LogP contribution in [0.1, 0.15) is 5.69 Å². The Morgan fingerprint density at radius 1 is 1.07 bits per heavy atom. The van der Waals surface area contributed by atoms with Crippen molar-refractivity contribution in [1.29, 1.82) is 0 Å². The van der Waals surface area contributed by atoms with Crippen molar-refractivity contribution < 1.29 is 20.1 Å². The van der Waals surface area contributed by atoms with E-state index in [2.05, 4.69) is 11.1 Å². The van der Waals surface area contributed by atoms with Crippen LogP contribution in [0.5, 0.6) is 0 Å². The van der Waals surface area contributed by atoms with Gasteiger partial charge in [0.1, 0.15) is 0 Å². The van der Waals surface area contributed by atoms with Crippen LogP contribution in [0, 0.1) is 20.4 Å². The summed E-state index contributed by atoms with van der Waals surface area (Å²) in [6.07, 6.45) is 0. The molecule has 0 bridgehead atoms. The van der Waals surface area contributed by atoms with Crippen molar-refractivity contribution in [2.75, 3.05) is 0 Å². The van der Waals surface area contributed by atoms with E-state index in [4.69, 9.17) is 0 Å². The van der Waals surface area contributed by atoms with Crippen molar-refractivity contribution in [3.05, 3.63) is 61.7 Å². The predicted octanol–water partition coefficient (Wildman–Crippen LogP) is 3.31. The molecule has 1 aromatic carbocycles. The maximum atomic E-state index is 4.41. The molecule has 1 radical (unpaired) electrons. The third kappa shape index (κ3) is 3.58. The third-order valence-corrected chi connectivity index (χ3v) is 1.87. The van der Waals surface area contributed by atoms with Gasteiger partial charge in [-0.05, 0) is 18.7 Å². The molecular weight excluding hydrogens is 362 g/mol. The molecule has 2 aromatic rings. The summed E-state index contributed by atoms with van der Waals surface area (Å²) in [6, 6.07) is 17.0. The Hall–Kier alpha value is -0.981. The van der Waals surface area contributed by atoms with Crippen LogP contribution in [0.4, 0.5) is 0 Å². The molecule has 1 aromatic heterocycles. The fourth-order valence-corrected chi connectivity index (χ4v) is 1.25. The van der Waals surface area contributed by atoms with Crippen LogP contribution in [0.2, 0.25) is 0 Å². The minimum Gasteiger partial charge on any atom is -0.358 e. The van der Waals surface area contributed by atoms with Crippen LogP contribution in [0.25, 0.3) is 11.3 Å². The monoisotopic (exact) mass is 376 g/mol. The van der Waals surface area contributed by atoms with E-state index < -0.39 is 0 Å². The first kappa shape index (κ1) is 14.0. The van der Waals surface area contributed by atoms with Gasteiger partial charge in [0.05, 0.1) is 0 Å². The summed E-state index contributed by atoms with van der Waals surface area (Å²) in [4.78, 5) is 4.41. The predicted molar refractivity (Wildman–Crippen MR) is 59.7 cm³/mol. The molecule has 0 aliphatic carbocycles. The SMILES string of the molecule is Cc1cccc(-c2[c-]cccc2)n1.[CH3-].[Ir]. The number of aromatic nitrogens is 1. The second kappa shape index (κ2) is 6.49. The molecule has 1 nitrogen and oxygen atoms in total. The van der Waals surface area contributed by atoms with Gasteiger partial charge in [0.2, 0.25) is 0 Å². The fraction of sp³-hybridized carbons (Fsp3) is 0.0769. The van der Waals surface area contributed by atoms with E-state index in [1.807, 2.05) is 49.4 Å². The minimum atomic E-state index is 0. The Morgan fingerprint density at radius 3 is 2.47 bits per heavy atom. The molecule has 0 unspecified atom stereocenters. The zero-order valence-corrected chi connectivity index (χ0v) is 11.2. The summed E-state index contributed by atoms with van der Waals surface area (Å²) in [5.74, 6) is 0. The summed E-state index contributed by atoms with van der Waals surface area (Å²) < 4.78 is 0. The largest absolute Gasteiger partial charge is 0.358 e. The zero-order valence-electron chi connectivity index (χ0n) is 8.82. The quantitative estimate of drug-likeness (QED) is 0.697. The topological polar surface area (TPSA) is 12.9 Å². The summed E-state index contributed by atoms with van der Waals surface area (Å²) in [5, 5.41) is 0. The number of nitrogens with zero attached hydrogens (tertiary/aromatic N) is 1. The summed E-state index contributed by atoms with van der Waals surface area (Å²) >= 11 is 0. The minimum absolute atomic E-state index is 0. The van der Waals surface area contributed by atoms with Crippen LogP contribution in [-0.4, -0.2) is 4.98 Å². The average molecular weight is 375 g/mol. The molecular formula is C13H13IrN-2. The van der Waals surface area contributed by atoms with Crippen molar-refractivity contribution in [3.63, 3.8) is 0 Å². The maximum Gasteiger partial charge on any atom is 0.0266 e. The molecule has 0 fully saturated rings. The van der Waals surface area contributed by atoms with Crippen LogP contribution in [-0.2, 0) is 20.1 Å². The van der Waals surface area contributed by atoms with Gasteiger partial charge in [0.15, 0.2) is 0 Å². The Bertz CT molecular complexity index is 398. The Balaban J connectivity index is 0.000000980. The molecule has 0 atom stereocenters. The van der Waals surface area contributed by atoms with Crippen molar-refractivity contribution >= 4 is 0 Å². The van der Waals surface area contributed by atoms with Gasteiger partial charge in [-0.2, -0.15) is 0 Å². The molecule has 0 aliphatic heterocycles. The molecule has 0 aliphatic rings. The number of benzene rings is 1. The number of pyridine rings is 1. The van der Waals surface area contributed by atoms with Gasteiger partial charge in [-0.1, -0.05) is 12.1 Å². The maximum absolute atomic E-state index is 4.41. The Morgan fingerprint density at radius 2 is 1.87 bits per heavy atom. The van der Waals surface area contributed by atoms with Crippen LogP contribution in [0.3, 0.4) is 0 Å². The van der Waals surface area contributed by atoms with E-state index in [-0.39, 0.29) is 27.5 Å². The molecule has 15 heavy (non-hydrogen) atoms. The first-order valence-electron chi connectivity index (χ1n) is 4.27. The second-order valence-corrected chi connectivity index (χ2v) is 2.94. The van der Waals surface area contributed by atoms with Crippen molar-refractivity contribution in [3.8, 4) is 11.3 Å². The van der Waals surface area contributed by atoms with Crippen molar-refractivity contribution in [2.45, 2.75) is 6.92 Å². The van der Waals surface area contributed by atoms with Gasteiger partial charge in [0, 0.05) is 25.8 Å². The van der Waals surface area contributed by atoms with E-state index in [1.165, 1.54) is 0 Å². The van der Waals surface area contributed by atoms with Crippen LogP contribution in [0.15, 0.2) is 42.5 Å². The summed E-state index contributed by atoms with van der Waals surface area (Å²) in [7, 11) is 0. The molecule has 81 valence electrons. The normalized spacial score (nSPS) is 8.60. The molecule has 2 heteroatoms. The smallest absolute Gasteiger partial charge is 0.0266 e. The number of hydrogen-bond acceptors (Lipinski definition) is 1. The Labute approximate surface area is 105 Å². The first-order valence-corrected chi connectivity index (χ1v) is 4.27. The van der Waals surface area contributed by atoms with Gasteiger partial charge in [0.25, 0.3) is 0 Å². The third-order valence-electron chi connectivity index (χ3n) is 1.87. The average Bonchev–Trinajstić information content (AvgIpc) is 2.19. The molecule has 0 N–H and O–H groups in total. The van der Waals surface area contributed by atoms with Gasteiger partial charge in [-0.15, -0.1) is 35.9 Å². The number of rotatable bonds is 1. The van der Waals surface area contributed by atoms with E-state index in [0.717, 1.165) is 17.0 Å². The molecule has 0 amide bonds. The van der Waals surface area contributed by atoms with Crippen molar-refractivity contribution in [2.24, 2.45) is 0 Å². The first-order chi connectivity index (χ1) is 6.36. The second-order valence-electron chi connectivity index (χ2n) is 2.94. The van der Waals surface area contributed by atoms with E-state index in [1.54, 1.807) is 0 Å². The number of aryl methyl sites for hydroxylation is 1. The molecule has 0 spiro atoms. The summed E-state index contributed by atoms with van der Waals surface area (Å²) in [5.41, 5.74) is 3.07. The van der Waals surface area contributed by atoms with Gasteiger partial charge < -0.3 is 12.4 Å². The van der Waals surface area contributed by atoms with E-state index >= 15 is 0 Å². The van der Waals surface area contributed by atoms with E-state index in [0.29, 0.717) is 0 Å². The van der Waals surface area contributed by atoms with Gasteiger partial charge in [-0.3, -0.25) is 0 Å². The fourth-order valence-electron chi connectivity index (χ4n) is 1.25. The summed E-state index contributed by atoms with van der Waals surface area (Å²) in [6.45, 7) is 1.99. The van der Waals surface area contributed by atoms with Gasteiger partial charge >= 0.3 is 0 Å². The van der Waals surface area contributed by atoms with Gasteiger partial charge in [-0.25, -0.2) is 0 Å². The number of hydrogen-bond donors (Lipinski definition) is 0. The molecule has 0 saturated carbocycles. The zero-order chi connectivity index (χ0) is 9.10. The van der Waals surface area contributed by atoms with E-state index in [9.17, 15) is 0 Å². The molecule has 0 saturated heterocycles. The standard InChI is InChI=1S/C12H10N.CH3.Ir/c1-10-6-5-9-12(13-10)11-7-3-2-4-8-11;;/h2-7,9H,1H3;1H3;/q2*-1;. The molecule has 2 rings (SSSR count).